The topological polar surface area (TPSA) is 84.5 Å². The molecule has 2 aromatic heterocycles. The Morgan fingerprint density at radius 1 is 1.22 bits per heavy atom. The third-order valence-electron chi connectivity index (χ3n) is 4.14. The summed E-state index contributed by atoms with van der Waals surface area (Å²) in [5.41, 5.74) is -0.115. The number of carbonyl (C=O) groups excluding carboxylic acids is 1. The molecule has 0 saturated heterocycles. The molecule has 0 atom stereocenters. The van der Waals surface area contributed by atoms with E-state index in [2.05, 4.69) is 5.32 Å². The zero-order chi connectivity index (χ0) is 16.2. The van der Waals surface area contributed by atoms with Gasteiger partial charge in [0, 0.05) is 18.3 Å². The molecule has 1 aliphatic rings. The van der Waals surface area contributed by atoms with E-state index < -0.39 is 0 Å². The first-order valence-corrected chi connectivity index (χ1v) is 7.85. The second-order valence-corrected chi connectivity index (χ2v) is 5.91. The fraction of sp³-hybridized carbons (Fsp3) is 0.412. The number of nitrogens with zero attached hydrogens (tertiary/aromatic N) is 1. The molecule has 122 valence electrons. The van der Waals surface area contributed by atoms with Crippen LogP contribution in [0.2, 0.25) is 0 Å². The molecule has 2 N–H and O–H groups in total. The lowest BCUT2D eigenvalue weighted by Gasteiger charge is -2.25. The number of aromatic nitrogens is 1. The first-order valence-electron chi connectivity index (χ1n) is 7.85. The van der Waals surface area contributed by atoms with Crippen molar-refractivity contribution >= 4 is 5.91 Å². The van der Waals surface area contributed by atoms with Gasteiger partial charge in [0.1, 0.15) is 5.76 Å². The van der Waals surface area contributed by atoms with Crippen molar-refractivity contribution in [2.45, 2.75) is 44.4 Å². The number of amides is 1. The first kappa shape index (κ1) is 15.6. The molecule has 0 spiro atoms. The van der Waals surface area contributed by atoms with Crippen LogP contribution in [0.25, 0.3) is 0 Å². The summed E-state index contributed by atoms with van der Waals surface area (Å²) in [5.74, 6) is 0.552. The second-order valence-electron chi connectivity index (χ2n) is 5.91. The molecule has 0 aromatic carbocycles. The van der Waals surface area contributed by atoms with Crippen LogP contribution in [0.1, 0.15) is 42.0 Å². The van der Waals surface area contributed by atoms with E-state index in [1.165, 1.54) is 10.6 Å². The number of carbonyl (C=O) groups is 1. The number of furan rings is 1. The van der Waals surface area contributed by atoms with Gasteiger partial charge in [0.15, 0.2) is 5.76 Å². The van der Waals surface area contributed by atoms with Crippen LogP contribution < -0.4 is 10.9 Å². The van der Waals surface area contributed by atoms with Crippen LogP contribution >= 0.6 is 0 Å². The van der Waals surface area contributed by atoms with Gasteiger partial charge in [-0.2, -0.15) is 0 Å². The molecule has 6 heteroatoms. The van der Waals surface area contributed by atoms with Crippen LogP contribution in [0.15, 0.2) is 45.7 Å². The molecular weight excluding hydrogens is 296 g/mol. The maximum atomic E-state index is 12.2. The van der Waals surface area contributed by atoms with Gasteiger partial charge < -0.3 is 19.4 Å². The average molecular weight is 316 g/mol. The van der Waals surface area contributed by atoms with Crippen LogP contribution in [0.5, 0.6) is 0 Å². The van der Waals surface area contributed by atoms with Crippen molar-refractivity contribution in [2.75, 3.05) is 0 Å². The van der Waals surface area contributed by atoms with Crippen molar-refractivity contribution < 1.29 is 14.3 Å². The Morgan fingerprint density at radius 3 is 2.74 bits per heavy atom. The van der Waals surface area contributed by atoms with Gasteiger partial charge in [0.25, 0.3) is 11.5 Å². The van der Waals surface area contributed by atoms with Crippen molar-refractivity contribution in [1.82, 2.24) is 9.88 Å². The summed E-state index contributed by atoms with van der Waals surface area (Å²) in [4.78, 5) is 23.9. The van der Waals surface area contributed by atoms with E-state index >= 15 is 0 Å². The minimum atomic E-state index is -0.252. The lowest BCUT2D eigenvalue weighted by Crippen LogP contribution is -2.38. The van der Waals surface area contributed by atoms with Gasteiger partial charge >= 0.3 is 0 Å². The van der Waals surface area contributed by atoms with E-state index in [-0.39, 0.29) is 29.4 Å². The van der Waals surface area contributed by atoms with Crippen LogP contribution in [0.4, 0.5) is 0 Å². The lowest BCUT2D eigenvalue weighted by molar-refractivity contribution is 0.0841. The number of rotatable bonds is 4. The van der Waals surface area contributed by atoms with Crippen LogP contribution in [-0.2, 0) is 6.54 Å². The number of pyridine rings is 1. The van der Waals surface area contributed by atoms with Gasteiger partial charge in [-0.3, -0.25) is 9.59 Å². The minimum absolute atomic E-state index is 0.0798. The Labute approximate surface area is 133 Å². The molecular formula is C17H20N2O4. The predicted octanol–water partition coefficient (Wildman–Crippen LogP) is 1.52. The number of aliphatic hydroxyl groups excluding tert-OH is 1. The summed E-state index contributed by atoms with van der Waals surface area (Å²) < 4.78 is 7.06. The van der Waals surface area contributed by atoms with E-state index in [0.29, 0.717) is 25.1 Å². The maximum Gasteiger partial charge on any atom is 0.287 e. The highest BCUT2D eigenvalue weighted by molar-refractivity contribution is 5.91. The molecule has 2 aromatic rings. The van der Waals surface area contributed by atoms with Gasteiger partial charge in [0.05, 0.1) is 12.6 Å². The quantitative estimate of drug-likeness (QED) is 0.896. The Bertz CT molecular complexity index is 726. The third kappa shape index (κ3) is 3.90. The summed E-state index contributed by atoms with van der Waals surface area (Å²) in [6, 6.07) is 8.34. The highest BCUT2D eigenvalue weighted by atomic mass is 16.4. The zero-order valence-electron chi connectivity index (χ0n) is 12.8. The molecule has 3 rings (SSSR count). The molecule has 1 saturated carbocycles. The van der Waals surface area contributed by atoms with Crippen molar-refractivity contribution in [3.05, 3.63) is 58.4 Å². The number of hydrogen-bond acceptors (Lipinski definition) is 4. The molecule has 1 amide bonds. The van der Waals surface area contributed by atoms with E-state index in [4.69, 9.17) is 4.42 Å². The lowest BCUT2D eigenvalue weighted by atomic mass is 9.93. The number of nitrogens with one attached hydrogen (secondary N) is 1. The fourth-order valence-corrected chi connectivity index (χ4v) is 2.82. The van der Waals surface area contributed by atoms with Gasteiger partial charge in [-0.15, -0.1) is 0 Å². The molecule has 1 fully saturated rings. The molecule has 0 radical (unpaired) electrons. The van der Waals surface area contributed by atoms with Crippen molar-refractivity contribution in [1.29, 1.82) is 0 Å². The summed E-state index contributed by atoms with van der Waals surface area (Å²) >= 11 is 0. The Hall–Kier alpha value is -2.34. The number of hydrogen-bond donors (Lipinski definition) is 2. The number of aliphatic hydroxyl groups is 1. The molecule has 1 aliphatic carbocycles. The highest BCUT2D eigenvalue weighted by Crippen LogP contribution is 2.19. The minimum Gasteiger partial charge on any atom is -0.454 e. The Balaban J connectivity index is 1.61. The predicted molar refractivity (Wildman–Crippen MR) is 84.2 cm³/mol. The standard InChI is InChI=1S/C17H20N2O4/c20-13-6-4-12(5-7-13)18-17(22)15-9-8-14(23-15)11-19-10-2-1-3-16(19)21/h1-3,8-10,12-13,20H,4-7,11H2,(H,18,22). The van der Waals surface area contributed by atoms with Gasteiger partial charge in [-0.25, -0.2) is 0 Å². The molecule has 6 nitrogen and oxygen atoms in total. The second kappa shape index (κ2) is 6.83. The van der Waals surface area contributed by atoms with Gasteiger partial charge in [-0.1, -0.05) is 6.07 Å². The van der Waals surface area contributed by atoms with Gasteiger partial charge in [0.2, 0.25) is 0 Å². The van der Waals surface area contributed by atoms with Gasteiger partial charge in [-0.05, 0) is 43.9 Å². The highest BCUT2D eigenvalue weighted by Gasteiger charge is 2.22. The van der Waals surface area contributed by atoms with E-state index in [1.807, 2.05) is 0 Å². The summed E-state index contributed by atoms with van der Waals surface area (Å²) in [6.07, 6.45) is 4.41. The summed E-state index contributed by atoms with van der Waals surface area (Å²) in [5, 5.41) is 12.4. The summed E-state index contributed by atoms with van der Waals surface area (Å²) in [6.45, 7) is 0.294. The average Bonchev–Trinajstić information content (AvgIpc) is 3.01. The smallest absolute Gasteiger partial charge is 0.287 e. The molecule has 23 heavy (non-hydrogen) atoms. The third-order valence-corrected chi connectivity index (χ3v) is 4.14. The molecule has 0 bridgehead atoms. The molecule has 0 unspecified atom stereocenters. The normalized spacial score (nSPS) is 21.1. The molecule has 0 aliphatic heterocycles. The largest absolute Gasteiger partial charge is 0.454 e. The van der Waals surface area contributed by atoms with Crippen LogP contribution in [-0.4, -0.2) is 27.7 Å². The van der Waals surface area contributed by atoms with E-state index in [1.54, 1.807) is 30.5 Å². The SMILES string of the molecule is O=C(NC1CCC(O)CC1)c1ccc(Cn2ccccc2=O)o1. The van der Waals surface area contributed by atoms with Crippen molar-refractivity contribution in [3.8, 4) is 0 Å². The monoisotopic (exact) mass is 316 g/mol. The Morgan fingerprint density at radius 2 is 2.00 bits per heavy atom. The van der Waals surface area contributed by atoms with Crippen molar-refractivity contribution in [3.63, 3.8) is 0 Å². The molecule has 2 heterocycles. The van der Waals surface area contributed by atoms with E-state index in [9.17, 15) is 14.7 Å². The van der Waals surface area contributed by atoms with Crippen LogP contribution in [0, 0.1) is 0 Å². The first-order chi connectivity index (χ1) is 11.1. The van der Waals surface area contributed by atoms with E-state index in [0.717, 1.165) is 12.8 Å². The summed E-state index contributed by atoms with van der Waals surface area (Å²) in [7, 11) is 0. The maximum absolute atomic E-state index is 12.2. The fourth-order valence-electron chi connectivity index (χ4n) is 2.82. The van der Waals surface area contributed by atoms with Crippen molar-refractivity contribution in [2.24, 2.45) is 0 Å². The zero-order valence-corrected chi connectivity index (χ0v) is 12.8. The van der Waals surface area contributed by atoms with Crippen LogP contribution in [0.3, 0.4) is 0 Å². The Kier molecular flexibility index (Phi) is 4.62.